The van der Waals surface area contributed by atoms with Crippen LogP contribution in [0.25, 0.3) is 0 Å². The highest BCUT2D eigenvalue weighted by Crippen LogP contribution is 2.36. The Kier molecular flexibility index (Phi) is 4.72. The monoisotopic (exact) mass is 369 g/mol. The average molecular weight is 369 g/mol. The predicted molar refractivity (Wildman–Crippen MR) is 107 cm³/mol. The molecule has 1 saturated carbocycles. The molecular weight excluding hydrogens is 342 g/mol. The van der Waals surface area contributed by atoms with Crippen molar-refractivity contribution in [2.45, 2.75) is 37.8 Å². The van der Waals surface area contributed by atoms with Gasteiger partial charge in [0.1, 0.15) is 23.8 Å². The third-order valence-corrected chi connectivity index (χ3v) is 5.45. The maximum absolute atomic E-state index is 11.9. The lowest BCUT2D eigenvalue weighted by Gasteiger charge is -2.40. The molecule has 1 saturated heterocycles. The molecule has 1 aliphatic carbocycles. The summed E-state index contributed by atoms with van der Waals surface area (Å²) in [6.07, 6.45) is 7.81. The summed E-state index contributed by atoms with van der Waals surface area (Å²) in [5.74, 6) is 2.75. The Morgan fingerprint density at radius 2 is 1.63 bits per heavy atom. The Balaban J connectivity index is 1.49. The maximum atomic E-state index is 11.9. The van der Waals surface area contributed by atoms with Gasteiger partial charge in [-0.2, -0.15) is 0 Å². The van der Waals surface area contributed by atoms with Gasteiger partial charge in [0.15, 0.2) is 0 Å². The van der Waals surface area contributed by atoms with Crippen LogP contribution in [-0.4, -0.2) is 58.8 Å². The van der Waals surface area contributed by atoms with Gasteiger partial charge in [-0.05, 0) is 25.7 Å². The Labute approximate surface area is 159 Å². The molecule has 0 atom stereocenters. The third-order valence-electron chi connectivity index (χ3n) is 5.45. The highest BCUT2D eigenvalue weighted by atomic mass is 16.1. The van der Waals surface area contributed by atoms with E-state index < -0.39 is 0 Å². The lowest BCUT2D eigenvalue weighted by molar-refractivity contribution is 0.457. The van der Waals surface area contributed by atoms with E-state index in [4.69, 9.17) is 0 Å². The topological polar surface area (TPSA) is 70.4 Å². The van der Waals surface area contributed by atoms with E-state index in [1.165, 1.54) is 17.4 Å². The summed E-state index contributed by atoms with van der Waals surface area (Å²) in [7, 11) is 5.73. The van der Waals surface area contributed by atoms with Gasteiger partial charge in [-0.25, -0.2) is 15.0 Å². The summed E-state index contributed by atoms with van der Waals surface area (Å²) in [4.78, 5) is 32.0. The summed E-state index contributed by atoms with van der Waals surface area (Å²) in [6.45, 7) is 1.80. The number of aromatic nitrogens is 4. The molecule has 4 rings (SSSR count). The van der Waals surface area contributed by atoms with Gasteiger partial charge in [0, 0.05) is 58.4 Å². The molecule has 27 heavy (non-hydrogen) atoms. The Hall–Kier alpha value is -2.64. The molecule has 0 unspecified atom stereocenters. The van der Waals surface area contributed by atoms with E-state index in [1.54, 1.807) is 25.8 Å². The number of nitrogens with zero attached hydrogens (tertiary/aromatic N) is 7. The number of rotatable bonds is 5. The lowest BCUT2D eigenvalue weighted by atomic mass is 10.0. The third kappa shape index (κ3) is 3.74. The SMILES string of the molecule is CN(C)c1cc(N(C2CC2)C2CCN(c3cc(=O)n(C)cn3)CC2)ncn1. The van der Waals surface area contributed by atoms with Gasteiger partial charge in [-0.1, -0.05) is 0 Å². The predicted octanol–water partition coefficient (Wildman–Crippen LogP) is 1.27. The molecule has 0 N–H and O–H groups in total. The molecule has 2 fully saturated rings. The fraction of sp³-hybridized carbons (Fsp3) is 0.579. The summed E-state index contributed by atoms with van der Waals surface area (Å²) in [5.41, 5.74) is -0.0149. The van der Waals surface area contributed by atoms with Crippen molar-refractivity contribution >= 4 is 17.5 Å². The molecule has 3 heterocycles. The van der Waals surface area contributed by atoms with Crippen molar-refractivity contribution < 1.29 is 0 Å². The standard InChI is InChI=1S/C19H27N7O/c1-23(2)16-10-18(21-12-20-16)26(14-4-5-14)15-6-8-25(9-7-15)17-11-19(27)24(3)13-22-17/h10-15H,4-9H2,1-3H3. The summed E-state index contributed by atoms with van der Waals surface area (Å²) in [6, 6.07) is 4.78. The molecule has 0 radical (unpaired) electrons. The van der Waals surface area contributed by atoms with Gasteiger partial charge < -0.3 is 19.3 Å². The first-order chi connectivity index (χ1) is 13.0. The van der Waals surface area contributed by atoms with E-state index >= 15 is 0 Å². The molecule has 0 aromatic carbocycles. The molecule has 8 heteroatoms. The zero-order chi connectivity index (χ0) is 19.0. The average Bonchev–Trinajstić information content (AvgIpc) is 3.50. The number of aryl methyl sites for hydroxylation is 1. The zero-order valence-corrected chi connectivity index (χ0v) is 16.2. The number of anilines is 3. The minimum absolute atomic E-state index is 0.0149. The summed E-state index contributed by atoms with van der Waals surface area (Å²) >= 11 is 0. The van der Waals surface area contributed by atoms with Crippen LogP contribution in [0.3, 0.4) is 0 Å². The second-order valence-corrected chi connectivity index (χ2v) is 7.68. The van der Waals surface area contributed by atoms with Crippen LogP contribution >= 0.6 is 0 Å². The number of piperidine rings is 1. The van der Waals surface area contributed by atoms with E-state index in [2.05, 4.69) is 30.8 Å². The number of hydrogen-bond acceptors (Lipinski definition) is 7. The second-order valence-electron chi connectivity index (χ2n) is 7.68. The Morgan fingerprint density at radius 1 is 0.963 bits per heavy atom. The quantitative estimate of drug-likeness (QED) is 0.786. The van der Waals surface area contributed by atoms with Crippen molar-refractivity contribution in [3.8, 4) is 0 Å². The van der Waals surface area contributed by atoms with Crippen molar-refractivity contribution in [2.24, 2.45) is 7.05 Å². The van der Waals surface area contributed by atoms with Crippen LogP contribution in [0.2, 0.25) is 0 Å². The maximum Gasteiger partial charge on any atom is 0.255 e. The van der Waals surface area contributed by atoms with Gasteiger partial charge in [-0.3, -0.25) is 4.79 Å². The van der Waals surface area contributed by atoms with Crippen molar-refractivity contribution in [2.75, 3.05) is 41.9 Å². The lowest BCUT2D eigenvalue weighted by Crippen LogP contribution is -2.47. The number of hydrogen-bond donors (Lipinski definition) is 0. The first-order valence-corrected chi connectivity index (χ1v) is 9.58. The van der Waals surface area contributed by atoms with Crippen molar-refractivity contribution in [1.82, 2.24) is 19.5 Å². The smallest absolute Gasteiger partial charge is 0.255 e. The van der Waals surface area contributed by atoms with Crippen LogP contribution < -0.4 is 20.3 Å². The van der Waals surface area contributed by atoms with E-state index in [0.29, 0.717) is 12.1 Å². The van der Waals surface area contributed by atoms with Crippen LogP contribution in [-0.2, 0) is 7.05 Å². The molecule has 2 aromatic heterocycles. The van der Waals surface area contributed by atoms with Gasteiger partial charge in [0.2, 0.25) is 0 Å². The fourth-order valence-corrected chi connectivity index (χ4v) is 3.75. The molecular formula is C19H27N7O. The minimum atomic E-state index is -0.0149. The molecule has 0 bridgehead atoms. The fourth-order valence-electron chi connectivity index (χ4n) is 3.75. The molecule has 144 valence electrons. The highest BCUT2D eigenvalue weighted by molar-refractivity contribution is 5.52. The largest absolute Gasteiger partial charge is 0.363 e. The van der Waals surface area contributed by atoms with Crippen LogP contribution in [0.5, 0.6) is 0 Å². The molecule has 0 spiro atoms. The first kappa shape index (κ1) is 17.8. The van der Waals surface area contributed by atoms with E-state index in [1.807, 2.05) is 19.0 Å². The van der Waals surface area contributed by atoms with Crippen LogP contribution in [0, 0.1) is 0 Å². The first-order valence-electron chi connectivity index (χ1n) is 9.58. The van der Waals surface area contributed by atoms with Gasteiger partial charge in [-0.15, -0.1) is 0 Å². The van der Waals surface area contributed by atoms with Crippen LogP contribution in [0.4, 0.5) is 17.5 Å². The second kappa shape index (κ2) is 7.17. The Bertz CT molecular complexity index is 853. The van der Waals surface area contributed by atoms with Crippen molar-refractivity contribution in [1.29, 1.82) is 0 Å². The van der Waals surface area contributed by atoms with Crippen molar-refractivity contribution in [3.63, 3.8) is 0 Å². The summed E-state index contributed by atoms with van der Waals surface area (Å²) < 4.78 is 1.50. The van der Waals surface area contributed by atoms with Crippen LogP contribution in [0.1, 0.15) is 25.7 Å². The highest BCUT2D eigenvalue weighted by Gasteiger charge is 2.36. The van der Waals surface area contributed by atoms with Crippen molar-refractivity contribution in [3.05, 3.63) is 35.1 Å². The van der Waals surface area contributed by atoms with E-state index in [9.17, 15) is 4.79 Å². The molecule has 2 aromatic rings. The van der Waals surface area contributed by atoms with Gasteiger partial charge >= 0.3 is 0 Å². The van der Waals surface area contributed by atoms with E-state index in [-0.39, 0.29) is 5.56 Å². The molecule has 2 aliphatic rings. The summed E-state index contributed by atoms with van der Waals surface area (Å²) in [5, 5.41) is 0. The van der Waals surface area contributed by atoms with Crippen LogP contribution in [0.15, 0.2) is 29.6 Å². The molecule has 0 amide bonds. The van der Waals surface area contributed by atoms with Gasteiger partial charge in [0.25, 0.3) is 5.56 Å². The molecule has 1 aliphatic heterocycles. The normalized spacial score (nSPS) is 17.8. The van der Waals surface area contributed by atoms with E-state index in [0.717, 1.165) is 43.4 Å². The zero-order valence-electron chi connectivity index (χ0n) is 16.2. The van der Waals surface area contributed by atoms with Gasteiger partial charge in [0.05, 0.1) is 6.33 Å². The Morgan fingerprint density at radius 3 is 2.26 bits per heavy atom. The minimum Gasteiger partial charge on any atom is -0.363 e. The molecule has 8 nitrogen and oxygen atoms in total.